The minimum absolute atomic E-state index is 0.414. The number of hydrogen-bond donors (Lipinski definition) is 2. The van der Waals surface area contributed by atoms with E-state index in [-0.39, 0.29) is 0 Å². The number of nitrogens with zero attached hydrogens (tertiary/aromatic N) is 4. The molecule has 0 fully saturated rings. The lowest BCUT2D eigenvalue weighted by Crippen LogP contribution is -2.35. The fourth-order valence-corrected chi connectivity index (χ4v) is 3.85. The van der Waals surface area contributed by atoms with Crippen LogP contribution in [0, 0.1) is 0 Å². The van der Waals surface area contributed by atoms with Gasteiger partial charge in [0.05, 0.1) is 5.39 Å². The van der Waals surface area contributed by atoms with Gasteiger partial charge in [0.1, 0.15) is 23.6 Å². The molecule has 0 amide bonds. The Labute approximate surface area is 184 Å². The standard InChI is InChI=1S/C24H21N5O3/c25-21-20-10-11-29(22(20)27-15-26-21)18-8-6-17(7-9-18)13-28-14-19(32-23(28)24(30)31)12-16-4-2-1-3-5-16/h1-11,14-15,23H,12-13H2,(H,30,31)(H2,25,26,27). The van der Waals surface area contributed by atoms with Crippen LogP contribution < -0.4 is 5.73 Å². The molecule has 0 radical (unpaired) electrons. The van der Waals surface area contributed by atoms with Gasteiger partial charge in [0.2, 0.25) is 0 Å². The van der Waals surface area contributed by atoms with Crippen LogP contribution in [0.5, 0.6) is 0 Å². The number of aliphatic carboxylic acids is 1. The van der Waals surface area contributed by atoms with Crippen LogP contribution in [0.15, 0.2) is 85.1 Å². The lowest BCUT2D eigenvalue weighted by atomic mass is 10.1. The second-order valence-electron chi connectivity index (χ2n) is 7.59. The summed E-state index contributed by atoms with van der Waals surface area (Å²) in [6.07, 6.45) is 4.64. The van der Waals surface area contributed by atoms with E-state index in [0.717, 1.165) is 27.8 Å². The third-order valence-electron chi connectivity index (χ3n) is 5.40. The van der Waals surface area contributed by atoms with Crippen molar-refractivity contribution >= 4 is 22.8 Å². The summed E-state index contributed by atoms with van der Waals surface area (Å²) < 4.78 is 7.65. The van der Waals surface area contributed by atoms with Gasteiger partial charge in [-0.25, -0.2) is 14.8 Å². The number of rotatable bonds is 6. The zero-order valence-corrected chi connectivity index (χ0v) is 17.1. The number of fused-ring (bicyclic) bond motifs is 1. The molecule has 3 heterocycles. The third kappa shape index (κ3) is 3.74. The number of carboxylic acids is 1. The monoisotopic (exact) mass is 427 g/mol. The van der Waals surface area contributed by atoms with Crippen LogP contribution in [-0.2, 0) is 22.5 Å². The fraction of sp³-hybridized carbons (Fsp3) is 0.125. The number of nitrogen functional groups attached to an aromatic ring is 1. The van der Waals surface area contributed by atoms with Crippen molar-refractivity contribution in [2.45, 2.75) is 19.2 Å². The largest absolute Gasteiger partial charge is 0.477 e. The highest BCUT2D eigenvalue weighted by Gasteiger charge is 2.32. The minimum atomic E-state index is -1.04. The van der Waals surface area contributed by atoms with Crippen LogP contribution in [0.25, 0.3) is 16.7 Å². The number of nitrogens with two attached hydrogens (primary N) is 1. The molecule has 4 aromatic rings. The second kappa shape index (κ2) is 8.07. The van der Waals surface area contributed by atoms with Gasteiger partial charge in [0.15, 0.2) is 0 Å². The quantitative estimate of drug-likeness (QED) is 0.486. The van der Waals surface area contributed by atoms with Gasteiger partial charge >= 0.3 is 5.97 Å². The predicted molar refractivity (Wildman–Crippen MR) is 120 cm³/mol. The molecular formula is C24H21N5O3. The first-order valence-corrected chi connectivity index (χ1v) is 10.1. The Bertz CT molecular complexity index is 1300. The van der Waals surface area contributed by atoms with Crippen LogP contribution in [0.3, 0.4) is 0 Å². The summed E-state index contributed by atoms with van der Waals surface area (Å²) in [6, 6.07) is 19.6. The Morgan fingerprint density at radius 2 is 1.81 bits per heavy atom. The van der Waals surface area contributed by atoms with Crippen molar-refractivity contribution < 1.29 is 14.6 Å². The van der Waals surface area contributed by atoms with Gasteiger partial charge in [0, 0.05) is 31.0 Å². The number of carbonyl (C=O) groups is 1. The molecule has 0 aliphatic carbocycles. The smallest absolute Gasteiger partial charge is 0.366 e. The molecule has 2 aromatic heterocycles. The van der Waals surface area contributed by atoms with Gasteiger partial charge in [-0.05, 0) is 29.3 Å². The molecule has 5 rings (SSSR count). The number of ether oxygens (including phenoxy) is 1. The molecule has 8 heteroatoms. The van der Waals surface area contributed by atoms with Crippen molar-refractivity contribution in [2.24, 2.45) is 0 Å². The Kier molecular flexibility index (Phi) is 4.95. The lowest BCUT2D eigenvalue weighted by molar-refractivity contribution is -0.154. The van der Waals surface area contributed by atoms with E-state index >= 15 is 0 Å². The van der Waals surface area contributed by atoms with Crippen LogP contribution in [-0.4, -0.2) is 36.7 Å². The molecule has 1 aliphatic heterocycles. The van der Waals surface area contributed by atoms with Crippen LogP contribution in [0.1, 0.15) is 11.1 Å². The highest BCUT2D eigenvalue weighted by molar-refractivity contribution is 5.87. The molecule has 1 aliphatic rings. The minimum Gasteiger partial charge on any atom is -0.477 e. The molecule has 0 saturated heterocycles. The third-order valence-corrected chi connectivity index (χ3v) is 5.40. The van der Waals surface area contributed by atoms with Crippen molar-refractivity contribution in [3.8, 4) is 5.69 Å². The number of carboxylic acid groups (broad SMARTS) is 1. The fourth-order valence-electron chi connectivity index (χ4n) is 3.85. The first kappa shape index (κ1) is 19.6. The highest BCUT2D eigenvalue weighted by atomic mass is 16.5. The molecule has 3 N–H and O–H groups in total. The Balaban J connectivity index is 1.35. The maximum Gasteiger partial charge on any atom is 0.366 e. The Hall–Kier alpha value is -4.33. The predicted octanol–water partition coefficient (Wildman–Crippen LogP) is 3.33. The average molecular weight is 427 g/mol. The zero-order valence-electron chi connectivity index (χ0n) is 17.1. The van der Waals surface area contributed by atoms with Crippen molar-refractivity contribution in [1.29, 1.82) is 0 Å². The average Bonchev–Trinajstić information content (AvgIpc) is 3.40. The number of allylic oxidation sites excluding steroid dienone is 1. The molecule has 160 valence electrons. The number of aromatic nitrogens is 3. The van der Waals surface area contributed by atoms with Gasteiger partial charge < -0.3 is 25.0 Å². The molecule has 0 saturated carbocycles. The molecule has 8 nitrogen and oxygen atoms in total. The maximum atomic E-state index is 11.7. The van der Waals surface area contributed by atoms with E-state index in [1.807, 2.05) is 71.4 Å². The SMILES string of the molecule is Nc1ncnc2c1ccn2-c1ccc(CN2C=C(Cc3ccccc3)OC2C(=O)O)cc1. The molecule has 2 aromatic carbocycles. The second-order valence-corrected chi connectivity index (χ2v) is 7.59. The lowest BCUT2D eigenvalue weighted by Gasteiger charge is -2.21. The van der Waals surface area contributed by atoms with Gasteiger partial charge in [-0.1, -0.05) is 42.5 Å². The maximum absolute atomic E-state index is 11.7. The van der Waals surface area contributed by atoms with E-state index in [4.69, 9.17) is 10.5 Å². The topological polar surface area (TPSA) is 107 Å². The first-order chi connectivity index (χ1) is 15.6. The molecule has 32 heavy (non-hydrogen) atoms. The molecule has 0 bridgehead atoms. The summed E-state index contributed by atoms with van der Waals surface area (Å²) in [5.41, 5.74) is 9.62. The molecule has 1 atom stereocenters. The van der Waals surface area contributed by atoms with Crippen LogP contribution in [0.2, 0.25) is 0 Å². The van der Waals surface area contributed by atoms with Crippen molar-refractivity contribution in [3.63, 3.8) is 0 Å². The Morgan fingerprint density at radius 3 is 2.56 bits per heavy atom. The summed E-state index contributed by atoms with van der Waals surface area (Å²) in [7, 11) is 0. The highest BCUT2D eigenvalue weighted by Crippen LogP contribution is 2.26. The van der Waals surface area contributed by atoms with E-state index < -0.39 is 12.2 Å². The van der Waals surface area contributed by atoms with Crippen LogP contribution in [0.4, 0.5) is 5.82 Å². The van der Waals surface area contributed by atoms with E-state index in [1.165, 1.54) is 6.33 Å². The van der Waals surface area contributed by atoms with Gasteiger partial charge in [-0.2, -0.15) is 0 Å². The summed E-state index contributed by atoms with van der Waals surface area (Å²) in [5, 5.41) is 10.4. The van der Waals surface area contributed by atoms with Crippen molar-refractivity contribution in [3.05, 3.63) is 96.3 Å². The van der Waals surface area contributed by atoms with Crippen molar-refractivity contribution in [2.75, 3.05) is 5.73 Å². The first-order valence-electron chi connectivity index (χ1n) is 10.1. The molecule has 1 unspecified atom stereocenters. The van der Waals surface area contributed by atoms with Gasteiger partial charge in [-0.15, -0.1) is 0 Å². The number of hydrogen-bond acceptors (Lipinski definition) is 6. The van der Waals surface area contributed by atoms with Gasteiger partial charge in [0.25, 0.3) is 6.23 Å². The van der Waals surface area contributed by atoms with E-state index in [2.05, 4.69) is 9.97 Å². The summed E-state index contributed by atoms with van der Waals surface area (Å²) in [6.45, 7) is 0.414. The summed E-state index contributed by atoms with van der Waals surface area (Å²) in [5.74, 6) is 0.0607. The van der Waals surface area contributed by atoms with Gasteiger partial charge in [-0.3, -0.25) is 0 Å². The van der Waals surface area contributed by atoms with Crippen LogP contribution >= 0.6 is 0 Å². The number of anilines is 1. The normalized spacial score (nSPS) is 15.6. The van der Waals surface area contributed by atoms with E-state index in [9.17, 15) is 9.90 Å². The molecular weight excluding hydrogens is 406 g/mol. The number of benzene rings is 2. The summed E-state index contributed by atoms with van der Waals surface area (Å²) in [4.78, 5) is 21.8. The van der Waals surface area contributed by atoms with E-state index in [1.54, 1.807) is 11.1 Å². The van der Waals surface area contributed by atoms with E-state index in [0.29, 0.717) is 24.5 Å². The zero-order chi connectivity index (χ0) is 22.1. The Morgan fingerprint density at radius 1 is 1.03 bits per heavy atom. The van der Waals surface area contributed by atoms with Crippen molar-refractivity contribution in [1.82, 2.24) is 19.4 Å². The summed E-state index contributed by atoms with van der Waals surface area (Å²) >= 11 is 0. The molecule has 0 spiro atoms.